The van der Waals surface area contributed by atoms with E-state index in [9.17, 15) is 0 Å². The maximum absolute atomic E-state index is 7.81. The van der Waals surface area contributed by atoms with E-state index >= 15 is 0 Å². The third-order valence-corrected chi connectivity index (χ3v) is 0. The molecule has 5 heavy (non-hydrogen) atoms. The molecule has 0 aliphatic rings. The van der Waals surface area contributed by atoms with E-state index in [4.69, 9.17) is 3.83 Å². The Balaban J connectivity index is -0.00000000167. The van der Waals surface area contributed by atoms with Crippen LogP contribution in [0.4, 0.5) is 0 Å². The molecule has 0 fully saturated rings. The van der Waals surface area contributed by atoms with E-state index in [1.165, 1.54) is 0 Å². The summed E-state index contributed by atoms with van der Waals surface area (Å²) in [6.07, 6.45) is 0. The zero-order valence-corrected chi connectivity index (χ0v) is 11.5. The van der Waals surface area contributed by atoms with Crippen LogP contribution in [-0.4, -0.2) is 45.5 Å². The van der Waals surface area contributed by atoms with Crippen molar-refractivity contribution in [3.05, 3.63) is 0 Å². The summed E-state index contributed by atoms with van der Waals surface area (Å²) in [4.78, 5) is 0. The molecule has 0 saturated heterocycles. The molecule has 0 aromatic rings. The van der Waals surface area contributed by atoms with Crippen LogP contribution in [0.15, 0.2) is 0 Å². The van der Waals surface area contributed by atoms with Crippen LogP contribution in [0, 0.1) is 35.6 Å². The molecule has 5 heteroatoms. The normalized spacial score (nSPS) is 1.20. The molecule has 0 saturated carbocycles. The summed E-state index contributed by atoms with van der Waals surface area (Å²) in [7, 11) is 0. The van der Waals surface area contributed by atoms with Gasteiger partial charge in [0, 0.05) is 98.1 Å². The summed E-state index contributed by atoms with van der Waals surface area (Å²) >= 11 is 2.94. The average molecular weight is 362 g/mol. The van der Waals surface area contributed by atoms with E-state index in [-0.39, 0.29) is 98.1 Å². The summed E-state index contributed by atoms with van der Waals surface area (Å²) in [6, 6.07) is 0. The Labute approximate surface area is 115 Å². The largest absolute Gasteiger partial charge is 0 e. The van der Waals surface area contributed by atoms with Crippen molar-refractivity contribution in [3.63, 3.8) is 0 Å². The number of rotatable bonds is 0. The van der Waals surface area contributed by atoms with E-state index in [1.807, 2.05) is 0 Å². The van der Waals surface area contributed by atoms with Crippen molar-refractivity contribution in [2.75, 3.05) is 0 Å². The van der Waals surface area contributed by atoms with Crippen LogP contribution in [0.1, 0.15) is 0 Å². The van der Waals surface area contributed by atoms with Crippen LogP contribution in [0.3, 0.4) is 0 Å². The fraction of sp³-hybridized carbons (Fsp3) is 0. The quantitative estimate of drug-likeness (QED) is 0.531. The van der Waals surface area contributed by atoms with Crippen molar-refractivity contribution in [3.8, 4) is 0 Å². The fourth-order valence-corrected chi connectivity index (χ4v) is 0. The molecule has 0 aromatic carbocycles. The molecule has 0 aromatic heterocycles. The monoisotopic (exact) mass is 362 g/mol. The van der Waals surface area contributed by atoms with E-state index in [0.717, 1.165) is 0 Å². The fourth-order valence-electron chi connectivity index (χ4n) is 0. The Bertz CT molecular complexity index is 11.6. The molecule has 0 heterocycles. The van der Waals surface area contributed by atoms with Gasteiger partial charge in [0.05, 0.1) is 0 Å². The van der Waals surface area contributed by atoms with Gasteiger partial charge in [-0.05, 0) is 0 Å². The second-order valence-electron chi connectivity index (χ2n) is 0. The molecule has 0 spiro atoms. The third-order valence-electron chi connectivity index (χ3n) is 0. The van der Waals surface area contributed by atoms with Crippen LogP contribution in [0.5, 0.6) is 0 Å². The van der Waals surface area contributed by atoms with Gasteiger partial charge >= 0.3 is 19.8 Å². The predicted octanol–water partition coefficient (Wildman–Crippen LogP) is -0.505. The summed E-state index contributed by atoms with van der Waals surface area (Å²) in [5, 5.41) is 0. The van der Waals surface area contributed by atoms with Crippen LogP contribution in [0.25, 0.3) is 0 Å². The maximum atomic E-state index is 7.81. The van der Waals surface area contributed by atoms with Crippen LogP contribution >= 0.6 is 0 Å². The molecule has 0 N–H and O–H groups in total. The first-order valence-electron chi connectivity index (χ1n) is 0.123. The van der Waals surface area contributed by atoms with Gasteiger partial charge in [-0.2, -0.15) is 0 Å². The molecule has 30 valence electrons. The summed E-state index contributed by atoms with van der Waals surface area (Å²) in [6.45, 7) is 0. The van der Waals surface area contributed by atoms with Gasteiger partial charge in [0.15, 0.2) is 0 Å². The first-order valence-corrected chi connectivity index (χ1v) is 0.508. The van der Waals surface area contributed by atoms with Crippen LogP contribution in [-0.2, 0) is 36.8 Å². The average Bonchev–Trinajstić information content (AvgIpc) is 1.00. The van der Waals surface area contributed by atoms with Crippen molar-refractivity contribution in [1.82, 2.24) is 0 Å². The predicted molar refractivity (Wildman–Crippen MR) is 6.44 cm³/mol. The van der Waals surface area contributed by atoms with Gasteiger partial charge in [-0.1, -0.05) is 0 Å². The van der Waals surface area contributed by atoms with Crippen LogP contribution < -0.4 is 0 Å². The van der Waals surface area contributed by atoms with E-state index in [1.54, 1.807) is 0 Å². The second-order valence-corrected chi connectivity index (χ2v) is 0. The van der Waals surface area contributed by atoms with Crippen molar-refractivity contribution < 1.29 is 72.4 Å². The Morgan fingerprint density at radius 3 is 1.20 bits per heavy atom. The molecular weight excluding hydrogens is 362 g/mol. The van der Waals surface area contributed by atoms with Gasteiger partial charge < -0.3 is 0 Å². The number of hydrogen-bond acceptors (Lipinski definition) is 1. The zero-order chi connectivity index (χ0) is 2.00. The molecule has 0 amide bonds. The van der Waals surface area contributed by atoms with Gasteiger partial charge in [0.1, 0.15) is 0 Å². The van der Waals surface area contributed by atoms with Crippen molar-refractivity contribution in [2.24, 2.45) is 0 Å². The van der Waals surface area contributed by atoms with E-state index < -0.39 is 0 Å². The molecule has 0 aliphatic carbocycles. The summed E-state index contributed by atoms with van der Waals surface area (Å²) < 4.78 is 7.81. The van der Waals surface area contributed by atoms with Crippen LogP contribution in [0.2, 0.25) is 0 Å². The molecule has 0 unspecified atom stereocenters. The van der Waals surface area contributed by atoms with E-state index in [0.29, 0.717) is 0 Å². The van der Waals surface area contributed by atoms with Crippen molar-refractivity contribution >= 4 is 45.5 Å². The van der Waals surface area contributed by atoms with Crippen molar-refractivity contribution in [1.29, 1.82) is 0 Å². The molecule has 3 radical (unpaired) electrons. The smallest absolute Gasteiger partial charge is 0 e. The molecular formula is CuFeLaOSr. The zero-order valence-electron chi connectivity index (χ0n) is 2.35. The van der Waals surface area contributed by atoms with Gasteiger partial charge in [-0.25, -0.2) is 0 Å². The molecule has 0 atom stereocenters. The molecule has 1 nitrogen and oxygen atoms in total. The molecule has 0 aliphatic heterocycles. The third kappa shape index (κ3) is 18.5. The molecule has 0 bridgehead atoms. The van der Waals surface area contributed by atoms with E-state index in [2.05, 4.69) is 15.9 Å². The minimum Gasteiger partial charge on any atom is 0 e. The van der Waals surface area contributed by atoms with Gasteiger partial charge in [-0.15, -0.1) is 0 Å². The Hall–Kier alpha value is 3.51. The Morgan fingerprint density at radius 1 is 1.20 bits per heavy atom. The van der Waals surface area contributed by atoms with Gasteiger partial charge in [-0.3, -0.25) is 0 Å². The standard InChI is InChI=1S/Cu.Fe.La.O.Sr. The topological polar surface area (TPSA) is 17.1 Å². The Kier molecular flexibility index (Phi) is 122. The first-order chi connectivity index (χ1) is 1.00. The second kappa shape index (κ2) is 25.8. The minimum absolute atomic E-state index is 0. The minimum atomic E-state index is 0. The van der Waals surface area contributed by atoms with Crippen molar-refractivity contribution in [2.45, 2.75) is 0 Å². The first kappa shape index (κ1) is 23.6. The SMILES string of the molecule is [Fe].[La].[O]=[Cu].[Sr]. The Morgan fingerprint density at radius 2 is 1.20 bits per heavy atom. The number of hydrogen-bond donors (Lipinski definition) is 0. The maximum Gasteiger partial charge on any atom is 0 e. The molecule has 0 rings (SSSR count). The summed E-state index contributed by atoms with van der Waals surface area (Å²) in [5.41, 5.74) is 0. The van der Waals surface area contributed by atoms with Gasteiger partial charge in [0.25, 0.3) is 0 Å². The summed E-state index contributed by atoms with van der Waals surface area (Å²) in [5.74, 6) is 0. The van der Waals surface area contributed by atoms with Gasteiger partial charge in [0.2, 0.25) is 0 Å².